The molecular formula is C47H29N5. The Bertz CT molecular complexity index is 3020. The summed E-state index contributed by atoms with van der Waals surface area (Å²) >= 11 is 0. The Labute approximate surface area is 299 Å². The molecule has 0 radical (unpaired) electrons. The molecule has 1 aliphatic heterocycles. The van der Waals surface area contributed by atoms with Crippen molar-refractivity contribution in [3.8, 4) is 39.6 Å². The first-order valence-electron chi connectivity index (χ1n) is 17.5. The van der Waals surface area contributed by atoms with Crippen LogP contribution in [0.5, 0.6) is 0 Å². The van der Waals surface area contributed by atoms with Gasteiger partial charge in [0.1, 0.15) is 0 Å². The summed E-state index contributed by atoms with van der Waals surface area (Å²) < 4.78 is 2.33. The molecule has 52 heavy (non-hydrogen) atoms. The molecule has 10 aromatic rings. The zero-order valence-electron chi connectivity index (χ0n) is 28.0. The maximum atomic E-state index is 5.35. The van der Waals surface area contributed by atoms with Crippen LogP contribution in [0, 0.1) is 0 Å². The molecule has 242 valence electrons. The number of hydrogen-bond acceptors (Lipinski definition) is 4. The maximum Gasteiger partial charge on any atom is 0.238 e. The Hall–Kier alpha value is -7.11. The van der Waals surface area contributed by atoms with Gasteiger partial charge in [0, 0.05) is 38.5 Å². The second-order valence-electron chi connectivity index (χ2n) is 13.3. The highest BCUT2D eigenvalue weighted by Crippen LogP contribution is 2.51. The minimum absolute atomic E-state index is 0.575. The van der Waals surface area contributed by atoms with Gasteiger partial charge < -0.3 is 4.57 Å². The normalized spacial score (nSPS) is 12.2. The molecule has 0 unspecified atom stereocenters. The van der Waals surface area contributed by atoms with Gasteiger partial charge in [-0.3, -0.25) is 4.90 Å². The van der Waals surface area contributed by atoms with Gasteiger partial charge in [0.25, 0.3) is 0 Å². The summed E-state index contributed by atoms with van der Waals surface area (Å²) in [5, 5.41) is 7.11. The third-order valence-corrected chi connectivity index (χ3v) is 10.3. The minimum atomic E-state index is 0.575. The zero-order chi connectivity index (χ0) is 34.2. The van der Waals surface area contributed by atoms with E-state index in [0.717, 1.165) is 50.2 Å². The predicted molar refractivity (Wildman–Crippen MR) is 214 cm³/mol. The quantitative estimate of drug-likeness (QED) is 0.188. The van der Waals surface area contributed by atoms with Gasteiger partial charge in [-0.1, -0.05) is 133 Å². The van der Waals surface area contributed by atoms with Crippen LogP contribution in [0.1, 0.15) is 0 Å². The lowest BCUT2D eigenvalue weighted by Gasteiger charge is -2.32. The molecule has 0 fully saturated rings. The molecular weight excluding hydrogens is 635 g/mol. The van der Waals surface area contributed by atoms with Crippen LogP contribution in [-0.2, 0) is 0 Å². The molecule has 0 atom stereocenters. The van der Waals surface area contributed by atoms with E-state index in [1.54, 1.807) is 0 Å². The van der Waals surface area contributed by atoms with Crippen LogP contribution in [0.25, 0.3) is 82.9 Å². The van der Waals surface area contributed by atoms with Crippen LogP contribution < -0.4 is 4.90 Å². The smallest absolute Gasteiger partial charge is 0.238 e. The fourth-order valence-corrected chi connectivity index (χ4v) is 7.98. The number of rotatable bonds is 4. The largest absolute Gasteiger partial charge is 0.309 e. The molecule has 0 saturated heterocycles. The molecule has 0 bridgehead atoms. The van der Waals surface area contributed by atoms with Crippen LogP contribution in [-0.4, -0.2) is 19.5 Å². The van der Waals surface area contributed by atoms with Crippen molar-refractivity contribution in [2.75, 3.05) is 4.90 Å². The van der Waals surface area contributed by atoms with E-state index in [4.69, 9.17) is 15.0 Å². The number of hydrogen-bond donors (Lipinski definition) is 0. The minimum Gasteiger partial charge on any atom is -0.309 e. The molecule has 0 aliphatic carbocycles. The van der Waals surface area contributed by atoms with Gasteiger partial charge in [-0.2, -0.15) is 9.97 Å². The van der Waals surface area contributed by atoms with E-state index in [0.29, 0.717) is 17.6 Å². The van der Waals surface area contributed by atoms with Crippen LogP contribution in [0.3, 0.4) is 0 Å². The maximum absolute atomic E-state index is 5.35. The average Bonchev–Trinajstić information content (AvgIpc) is 3.55. The highest BCUT2D eigenvalue weighted by molar-refractivity contribution is 6.15. The van der Waals surface area contributed by atoms with E-state index in [1.165, 1.54) is 32.5 Å². The molecule has 0 spiro atoms. The predicted octanol–water partition coefficient (Wildman–Crippen LogP) is 12.1. The number of benzene rings is 8. The van der Waals surface area contributed by atoms with Gasteiger partial charge in [0.2, 0.25) is 5.95 Å². The second kappa shape index (κ2) is 11.2. The fourth-order valence-electron chi connectivity index (χ4n) is 7.98. The van der Waals surface area contributed by atoms with E-state index in [9.17, 15) is 0 Å². The van der Waals surface area contributed by atoms with Crippen molar-refractivity contribution in [3.63, 3.8) is 0 Å². The highest BCUT2D eigenvalue weighted by atomic mass is 15.3. The molecule has 5 heteroatoms. The number of fused-ring (bicyclic) bond motifs is 6. The van der Waals surface area contributed by atoms with Gasteiger partial charge in [-0.15, -0.1) is 0 Å². The summed E-state index contributed by atoms with van der Waals surface area (Å²) in [5.74, 6) is 1.81. The first kappa shape index (κ1) is 28.7. The van der Waals surface area contributed by atoms with Crippen LogP contribution in [0.15, 0.2) is 176 Å². The summed E-state index contributed by atoms with van der Waals surface area (Å²) in [6.45, 7) is 0. The summed E-state index contributed by atoms with van der Waals surface area (Å²) in [6.07, 6.45) is 0. The highest BCUT2D eigenvalue weighted by Gasteiger charge is 2.29. The standard InChI is InChI=1S/C47H29N5/c1-3-13-31(14-4-1)45-48-46(34-25-26-37-36-21-9-10-23-40(36)51(42(37)29-34)35-19-5-2-6-20-35)50-47(49-45)52-41-24-12-18-30-17-11-22-38(44(30)41)39-27-32-15-7-8-16-33(32)28-43(39)52/h1-29H. The Morgan fingerprint density at radius 2 is 1.04 bits per heavy atom. The third kappa shape index (κ3) is 4.33. The third-order valence-electron chi connectivity index (χ3n) is 10.3. The van der Waals surface area contributed by atoms with Crippen LogP contribution in [0.2, 0.25) is 0 Å². The van der Waals surface area contributed by atoms with E-state index >= 15 is 0 Å². The first-order valence-corrected chi connectivity index (χ1v) is 17.5. The van der Waals surface area contributed by atoms with Gasteiger partial charge in [0.05, 0.1) is 22.4 Å². The van der Waals surface area contributed by atoms with Gasteiger partial charge >= 0.3 is 0 Å². The Morgan fingerprint density at radius 1 is 0.385 bits per heavy atom. The van der Waals surface area contributed by atoms with Gasteiger partial charge in [-0.25, -0.2) is 4.98 Å². The average molecular weight is 664 g/mol. The van der Waals surface area contributed by atoms with Gasteiger partial charge in [-0.05, 0) is 64.2 Å². The number of aromatic nitrogens is 4. The Kier molecular flexibility index (Phi) is 6.18. The number of para-hydroxylation sites is 2. The molecule has 11 rings (SSSR count). The van der Waals surface area contributed by atoms with Crippen molar-refractivity contribution < 1.29 is 0 Å². The van der Waals surface area contributed by atoms with Crippen molar-refractivity contribution in [3.05, 3.63) is 176 Å². The molecule has 3 heterocycles. The topological polar surface area (TPSA) is 46.8 Å². The van der Waals surface area contributed by atoms with E-state index < -0.39 is 0 Å². The molecule has 2 aromatic heterocycles. The number of anilines is 3. The fraction of sp³-hybridized carbons (Fsp3) is 0. The van der Waals surface area contributed by atoms with Gasteiger partial charge in [0.15, 0.2) is 11.6 Å². The summed E-state index contributed by atoms with van der Waals surface area (Å²) in [5.41, 5.74) is 9.67. The molecule has 5 nitrogen and oxygen atoms in total. The summed E-state index contributed by atoms with van der Waals surface area (Å²) in [6, 6.07) is 62.1. The number of nitrogens with zero attached hydrogens (tertiary/aromatic N) is 5. The molecule has 0 saturated carbocycles. The second-order valence-corrected chi connectivity index (χ2v) is 13.3. The van der Waals surface area contributed by atoms with Crippen molar-refractivity contribution in [2.45, 2.75) is 0 Å². The molecule has 0 N–H and O–H groups in total. The molecule has 8 aromatic carbocycles. The van der Waals surface area contributed by atoms with Crippen LogP contribution >= 0.6 is 0 Å². The van der Waals surface area contributed by atoms with E-state index in [1.807, 2.05) is 18.2 Å². The molecule has 0 amide bonds. The Balaban J connectivity index is 1.20. The lowest BCUT2D eigenvalue weighted by Crippen LogP contribution is -2.18. The van der Waals surface area contributed by atoms with E-state index in [2.05, 4.69) is 167 Å². The zero-order valence-corrected chi connectivity index (χ0v) is 28.0. The van der Waals surface area contributed by atoms with Crippen molar-refractivity contribution in [1.82, 2.24) is 19.5 Å². The van der Waals surface area contributed by atoms with Crippen molar-refractivity contribution >= 4 is 60.7 Å². The first-order chi connectivity index (χ1) is 25.8. The summed E-state index contributed by atoms with van der Waals surface area (Å²) in [7, 11) is 0. The van der Waals surface area contributed by atoms with Crippen molar-refractivity contribution in [2.24, 2.45) is 0 Å². The monoisotopic (exact) mass is 663 g/mol. The van der Waals surface area contributed by atoms with E-state index in [-0.39, 0.29) is 0 Å². The lowest BCUT2D eigenvalue weighted by molar-refractivity contribution is 1.02. The summed E-state index contributed by atoms with van der Waals surface area (Å²) in [4.78, 5) is 18.0. The van der Waals surface area contributed by atoms with Crippen molar-refractivity contribution in [1.29, 1.82) is 0 Å². The molecule has 1 aliphatic rings. The Morgan fingerprint density at radius 3 is 1.87 bits per heavy atom. The SMILES string of the molecule is c1ccc(-c2nc(-c3ccc4c5ccccc5n(-c5ccccc5)c4c3)nc(N3c4cc5ccccc5cc4-c4cccc5cccc3c45)n2)cc1. The lowest BCUT2D eigenvalue weighted by atomic mass is 9.90. The van der Waals surface area contributed by atoms with Crippen LogP contribution in [0.4, 0.5) is 17.3 Å².